The molecule has 2 heterocycles. The molecule has 2 fully saturated rings. The SMILES string of the molecule is COc1ccc2c3c1O[C@H]1/C(=N/OCC(=O)O)CC[C@H]4[C@@H](C2)N(C)CC[C@]314.O. The molecule has 1 saturated heterocycles. The van der Waals surface area contributed by atoms with Crippen LogP contribution in [-0.4, -0.2) is 66.6 Å². The van der Waals surface area contributed by atoms with Gasteiger partial charge in [-0.1, -0.05) is 11.2 Å². The molecule has 0 radical (unpaired) electrons. The molecule has 0 unspecified atom stereocenters. The summed E-state index contributed by atoms with van der Waals surface area (Å²) in [5, 5.41) is 13.1. The van der Waals surface area contributed by atoms with E-state index in [9.17, 15) is 4.79 Å². The van der Waals surface area contributed by atoms with Crippen molar-refractivity contribution in [2.24, 2.45) is 11.1 Å². The second-order valence-electron chi connectivity index (χ2n) is 8.07. The summed E-state index contributed by atoms with van der Waals surface area (Å²) >= 11 is 0. The summed E-state index contributed by atoms with van der Waals surface area (Å²) in [6.45, 7) is 0.583. The minimum atomic E-state index is -1.03. The zero-order valence-electron chi connectivity index (χ0n) is 16.1. The van der Waals surface area contributed by atoms with E-state index in [1.165, 1.54) is 11.1 Å². The van der Waals surface area contributed by atoms with Crippen molar-refractivity contribution in [3.05, 3.63) is 23.3 Å². The second kappa shape index (κ2) is 6.63. The van der Waals surface area contributed by atoms with Crippen molar-refractivity contribution in [2.45, 2.75) is 43.2 Å². The number of hydrogen-bond donors (Lipinski definition) is 1. The molecular formula is C20H26N2O6. The van der Waals surface area contributed by atoms with Crippen LogP contribution in [0.3, 0.4) is 0 Å². The Morgan fingerprint density at radius 1 is 1.46 bits per heavy atom. The zero-order valence-corrected chi connectivity index (χ0v) is 16.1. The molecule has 2 aliphatic heterocycles. The van der Waals surface area contributed by atoms with Gasteiger partial charge in [-0.25, -0.2) is 4.79 Å². The fourth-order valence-electron chi connectivity index (χ4n) is 5.95. The molecule has 5 rings (SSSR count). The van der Waals surface area contributed by atoms with Crippen molar-refractivity contribution in [1.29, 1.82) is 0 Å². The van der Waals surface area contributed by atoms with Crippen molar-refractivity contribution < 1.29 is 29.7 Å². The zero-order chi connectivity index (χ0) is 18.8. The van der Waals surface area contributed by atoms with Crippen LogP contribution in [0.1, 0.15) is 30.4 Å². The molecule has 1 aromatic rings. The highest BCUT2D eigenvalue weighted by atomic mass is 16.6. The van der Waals surface area contributed by atoms with E-state index in [0.29, 0.717) is 12.0 Å². The maximum Gasteiger partial charge on any atom is 0.344 e. The normalized spacial score (nSPS) is 33.5. The van der Waals surface area contributed by atoms with Gasteiger partial charge in [-0.2, -0.15) is 0 Å². The van der Waals surface area contributed by atoms with Gasteiger partial charge in [0.25, 0.3) is 0 Å². The highest BCUT2D eigenvalue weighted by Gasteiger charge is 2.65. The number of rotatable bonds is 4. The van der Waals surface area contributed by atoms with Crippen LogP contribution in [0.2, 0.25) is 0 Å². The van der Waals surface area contributed by atoms with Crippen LogP contribution in [0.5, 0.6) is 11.5 Å². The standard InChI is InChI=1S/C20H24N2O5.H2O/c1-22-8-7-20-12-4-5-13(21-26-10-16(23)24)19(20)27-18-15(25-2)6-3-11(17(18)20)9-14(12)22;/h3,6,12,14,19H,4-5,7-10H2,1-2H3,(H,23,24);1H2/b21-13+;/t12-,14+,19-,20-;/m0./s1. The van der Waals surface area contributed by atoms with E-state index >= 15 is 0 Å². The van der Waals surface area contributed by atoms with Gasteiger partial charge in [0.2, 0.25) is 6.61 Å². The van der Waals surface area contributed by atoms with Crippen molar-refractivity contribution in [3.8, 4) is 11.5 Å². The summed E-state index contributed by atoms with van der Waals surface area (Å²) < 4.78 is 12.1. The summed E-state index contributed by atoms with van der Waals surface area (Å²) in [6, 6.07) is 4.67. The molecule has 8 nitrogen and oxygen atoms in total. The topological polar surface area (TPSA) is 112 Å². The van der Waals surface area contributed by atoms with Gasteiger partial charge in [0.05, 0.1) is 12.8 Å². The average molecular weight is 390 g/mol. The largest absolute Gasteiger partial charge is 0.493 e. The highest BCUT2D eigenvalue weighted by Crippen LogP contribution is 2.63. The first kappa shape index (κ1) is 19.0. The Balaban J connectivity index is 0.00000192. The van der Waals surface area contributed by atoms with Gasteiger partial charge in [0.15, 0.2) is 17.6 Å². The Bertz CT molecular complexity index is 840. The number of carbonyl (C=O) groups is 1. The summed E-state index contributed by atoms with van der Waals surface area (Å²) in [5.74, 6) is 1.09. The number of methoxy groups -OCH3 is 1. The molecule has 2 aliphatic carbocycles. The summed E-state index contributed by atoms with van der Waals surface area (Å²) in [4.78, 5) is 18.4. The van der Waals surface area contributed by atoms with Crippen molar-refractivity contribution in [1.82, 2.24) is 4.90 Å². The number of carboxylic acid groups (broad SMARTS) is 1. The Morgan fingerprint density at radius 2 is 2.29 bits per heavy atom. The number of likely N-dealkylation sites (tertiary alicyclic amines) is 1. The average Bonchev–Trinajstić information content (AvgIpc) is 3.00. The van der Waals surface area contributed by atoms with Crippen LogP contribution in [-0.2, 0) is 21.5 Å². The molecule has 0 aromatic heterocycles. The minimum absolute atomic E-state index is 0. The second-order valence-corrected chi connectivity index (χ2v) is 8.07. The predicted octanol–water partition coefficient (Wildman–Crippen LogP) is 0.997. The molecular weight excluding hydrogens is 364 g/mol. The number of hydrogen-bond acceptors (Lipinski definition) is 6. The lowest BCUT2D eigenvalue weighted by Crippen LogP contribution is -2.65. The van der Waals surface area contributed by atoms with Crippen molar-refractivity contribution in [2.75, 3.05) is 27.3 Å². The van der Waals surface area contributed by atoms with Crippen LogP contribution >= 0.6 is 0 Å². The smallest absolute Gasteiger partial charge is 0.344 e. The van der Waals surface area contributed by atoms with Crippen LogP contribution in [0.25, 0.3) is 0 Å². The van der Waals surface area contributed by atoms with Gasteiger partial charge in [-0.05, 0) is 56.8 Å². The van der Waals surface area contributed by atoms with Gasteiger partial charge in [0, 0.05) is 17.0 Å². The number of aliphatic carboxylic acids is 1. The Kier molecular flexibility index (Phi) is 4.50. The predicted molar refractivity (Wildman–Crippen MR) is 101 cm³/mol. The fraction of sp³-hybridized carbons (Fsp3) is 0.600. The molecule has 1 spiro atoms. The lowest BCUT2D eigenvalue weighted by molar-refractivity contribution is -0.142. The molecule has 1 saturated carbocycles. The van der Waals surface area contributed by atoms with E-state index in [1.54, 1.807) is 7.11 Å². The first-order valence-corrected chi connectivity index (χ1v) is 9.54. The summed E-state index contributed by atoms with van der Waals surface area (Å²) in [6.07, 6.45) is 3.62. The Hall–Kier alpha value is -2.32. The van der Waals surface area contributed by atoms with Crippen LogP contribution < -0.4 is 9.47 Å². The van der Waals surface area contributed by atoms with Crippen LogP contribution in [0.4, 0.5) is 0 Å². The molecule has 4 atom stereocenters. The Morgan fingerprint density at radius 3 is 3.04 bits per heavy atom. The first-order chi connectivity index (χ1) is 13.1. The maximum atomic E-state index is 10.8. The third kappa shape index (κ3) is 2.37. The lowest BCUT2D eigenvalue weighted by Gasteiger charge is -2.57. The maximum absolute atomic E-state index is 10.8. The molecule has 3 N–H and O–H groups in total. The van der Waals surface area contributed by atoms with Gasteiger partial charge in [-0.3, -0.25) is 0 Å². The highest BCUT2D eigenvalue weighted by molar-refractivity contribution is 5.93. The third-order valence-electron chi connectivity index (χ3n) is 6.98. The van der Waals surface area contributed by atoms with E-state index in [1.807, 2.05) is 6.07 Å². The minimum Gasteiger partial charge on any atom is -0.493 e. The Labute approximate surface area is 163 Å². The number of benzene rings is 1. The monoisotopic (exact) mass is 390 g/mol. The first-order valence-electron chi connectivity index (χ1n) is 9.54. The van der Waals surface area contributed by atoms with Crippen molar-refractivity contribution in [3.63, 3.8) is 0 Å². The molecule has 28 heavy (non-hydrogen) atoms. The molecule has 152 valence electrons. The van der Waals surface area contributed by atoms with Gasteiger partial charge in [0.1, 0.15) is 0 Å². The molecule has 1 aromatic carbocycles. The van der Waals surface area contributed by atoms with E-state index in [2.05, 4.69) is 23.2 Å². The van der Waals surface area contributed by atoms with E-state index in [4.69, 9.17) is 19.4 Å². The fourth-order valence-corrected chi connectivity index (χ4v) is 5.95. The van der Waals surface area contributed by atoms with Crippen LogP contribution in [0.15, 0.2) is 17.3 Å². The summed E-state index contributed by atoms with van der Waals surface area (Å²) in [7, 11) is 3.89. The van der Waals surface area contributed by atoms with E-state index in [0.717, 1.165) is 49.4 Å². The van der Waals surface area contributed by atoms with Gasteiger partial charge in [-0.15, -0.1) is 0 Å². The third-order valence-corrected chi connectivity index (χ3v) is 6.98. The summed E-state index contributed by atoms with van der Waals surface area (Å²) in [5.41, 5.74) is 3.35. The van der Waals surface area contributed by atoms with E-state index in [-0.39, 0.29) is 17.0 Å². The quantitative estimate of drug-likeness (QED) is 0.768. The van der Waals surface area contributed by atoms with Crippen LogP contribution in [0, 0.1) is 5.92 Å². The van der Waals surface area contributed by atoms with E-state index < -0.39 is 12.6 Å². The van der Waals surface area contributed by atoms with Gasteiger partial charge >= 0.3 is 5.97 Å². The number of nitrogens with zero attached hydrogens (tertiary/aromatic N) is 2. The number of oxime groups is 1. The van der Waals surface area contributed by atoms with Crippen molar-refractivity contribution >= 4 is 11.7 Å². The number of piperidine rings is 1. The number of ether oxygens (including phenoxy) is 2. The molecule has 2 bridgehead atoms. The molecule has 4 aliphatic rings. The van der Waals surface area contributed by atoms with Gasteiger partial charge < -0.3 is 29.8 Å². The lowest BCUT2D eigenvalue weighted by atomic mass is 9.51. The number of carboxylic acids is 1. The molecule has 8 heteroatoms. The molecule has 0 amide bonds. The number of likely N-dealkylation sites (N-methyl/N-ethyl adjacent to an activating group) is 1.